The highest BCUT2D eigenvalue weighted by Gasteiger charge is 2.58. The van der Waals surface area contributed by atoms with Crippen molar-refractivity contribution in [3.63, 3.8) is 0 Å². The number of amides is 1. The van der Waals surface area contributed by atoms with E-state index in [2.05, 4.69) is 0 Å². The first-order valence-electron chi connectivity index (χ1n) is 8.09. The number of carbonyl (C=O) groups excluding carboxylic acids is 1. The van der Waals surface area contributed by atoms with Gasteiger partial charge in [-0.15, -0.1) is 0 Å². The van der Waals surface area contributed by atoms with Crippen LogP contribution in [0.2, 0.25) is 0 Å². The van der Waals surface area contributed by atoms with Crippen LogP contribution < -0.4 is 0 Å². The number of nitrogens with zero attached hydrogens (tertiary/aromatic N) is 1. The summed E-state index contributed by atoms with van der Waals surface area (Å²) in [4.78, 5) is 14.5. The maximum Gasteiger partial charge on any atom is 0.411 e. The molecule has 2 aliphatic heterocycles. The Balaban J connectivity index is 1.89. The standard InChI is InChI=1S/C18H25NO3/c1-17(2,3)22-16(21)19-14-9-11-18(19,12-10-14)15(20)13-7-5-4-6-8-13/h4-8,14-15,20H,9-12H2,1-3H3. The molecule has 1 unspecified atom stereocenters. The smallest absolute Gasteiger partial charge is 0.411 e. The number of rotatable bonds is 2. The molecular weight excluding hydrogens is 278 g/mol. The first kappa shape index (κ1) is 15.3. The highest BCUT2D eigenvalue weighted by atomic mass is 16.6. The lowest BCUT2D eigenvalue weighted by Gasteiger charge is -2.39. The van der Waals surface area contributed by atoms with Crippen molar-refractivity contribution in [1.82, 2.24) is 4.90 Å². The maximum absolute atomic E-state index is 12.7. The average molecular weight is 303 g/mol. The van der Waals surface area contributed by atoms with Gasteiger partial charge in [0.05, 0.1) is 5.54 Å². The molecule has 2 aliphatic rings. The lowest BCUT2D eigenvalue weighted by Crippen LogP contribution is -2.50. The Labute approximate surface area is 132 Å². The average Bonchev–Trinajstić information content (AvgIpc) is 3.02. The van der Waals surface area contributed by atoms with Gasteiger partial charge in [-0.05, 0) is 52.0 Å². The third-order valence-corrected chi connectivity index (χ3v) is 4.88. The first-order chi connectivity index (χ1) is 10.3. The van der Waals surface area contributed by atoms with Crippen LogP contribution in [-0.2, 0) is 4.74 Å². The molecule has 1 amide bonds. The summed E-state index contributed by atoms with van der Waals surface area (Å²) in [7, 11) is 0. The number of fused-ring (bicyclic) bond motifs is 2. The van der Waals surface area contributed by atoms with Crippen LogP contribution >= 0.6 is 0 Å². The molecule has 3 rings (SSSR count). The highest BCUT2D eigenvalue weighted by Crippen LogP contribution is 2.53. The van der Waals surface area contributed by atoms with Gasteiger partial charge < -0.3 is 9.84 Å². The number of benzene rings is 1. The summed E-state index contributed by atoms with van der Waals surface area (Å²) in [6.07, 6.45) is 2.63. The van der Waals surface area contributed by atoms with E-state index in [1.165, 1.54) is 0 Å². The molecule has 2 heterocycles. The van der Waals surface area contributed by atoms with E-state index in [0.717, 1.165) is 31.2 Å². The number of hydrogen-bond acceptors (Lipinski definition) is 3. The second kappa shape index (κ2) is 5.27. The molecule has 120 valence electrons. The van der Waals surface area contributed by atoms with Gasteiger partial charge >= 0.3 is 6.09 Å². The van der Waals surface area contributed by atoms with E-state index in [9.17, 15) is 9.90 Å². The molecule has 2 bridgehead atoms. The Bertz CT molecular complexity index is 541. The van der Waals surface area contributed by atoms with Gasteiger partial charge in [0.2, 0.25) is 0 Å². The zero-order valence-electron chi connectivity index (χ0n) is 13.6. The van der Waals surface area contributed by atoms with Gasteiger partial charge in [-0.25, -0.2) is 4.79 Å². The molecule has 2 fully saturated rings. The van der Waals surface area contributed by atoms with E-state index in [-0.39, 0.29) is 12.1 Å². The lowest BCUT2D eigenvalue weighted by molar-refractivity contribution is -0.0270. The van der Waals surface area contributed by atoms with Gasteiger partial charge in [0.1, 0.15) is 11.7 Å². The van der Waals surface area contributed by atoms with Crippen molar-refractivity contribution in [2.45, 2.75) is 69.7 Å². The summed E-state index contributed by atoms with van der Waals surface area (Å²) >= 11 is 0. The van der Waals surface area contributed by atoms with Crippen molar-refractivity contribution < 1.29 is 14.6 Å². The number of hydrogen-bond donors (Lipinski definition) is 1. The van der Waals surface area contributed by atoms with E-state index in [0.29, 0.717) is 0 Å². The SMILES string of the molecule is CC(C)(C)OC(=O)N1C2CCC1(C(O)c1ccccc1)CC2. The second-order valence-corrected chi connectivity index (χ2v) is 7.50. The second-order valence-electron chi connectivity index (χ2n) is 7.50. The Morgan fingerprint density at radius 2 is 1.86 bits per heavy atom. The van der Waals surface area contributed by atoms with Crippen molar-refractivity contribution >= 4 is 6.09 Å². The van der Waals surface area contributed by atoms with Gasteiger partial charge in [0.25, 0.3) is 0 Å². The van der Waals surface area contributed by atoms with Crippen molar-refractivity contribution in [3.05, 3.63) is 35.9 Å². The summed E-state index contributed by atoms with van der Waals surface area (Å²) in [6, 6.07) is 9.85. The van der Waals surface area contributed by atoms with Crippen molar-refractivity contribution in [3.8, 4) is 0 Å². The number of aliphatic hydroxyl groups excluding tert-OH is 1. The van der Waals surface area contributed by atoms with E-state index >= 15 is 0 Å². The fourth-order valence-corrected chi connectivity index (χ4v) is 3.96. The fourth-order valence-electron chi connectivity index (χ4n) is 3.96. The zero-order valence-corrected chi connectivity index (χ0v) is 13.6. The van der Waals surface area contributed by atoms with E-state index in [1.807, 2.05) is 56.0 Å². The third-order valence-electron chi connectivity index (χ3n) is 4.88. The normalized spacial score (nSPS) is 28.7. The molecule has 4 nitrogen and oxygen atoms in total. The molecule has 1 aromatic rings. The van der Waals surface area contributed by atoms with E-state index < -0.39 is 17.2 Å². The quantitative estimate of drug-likeness (QED) is 0.907. The molecule has 0 radical (unpaired) electrons. The molecule has 0 aliphatic carbocycles. The van der Waals surface area contributed by atoms with Crippen molar-refractivity contribution in [2.75, 3.05) is 0 Å². The Morgan fingerprint density at radius 3 is 2.41 bits per heavy atom. The van der Waals surface area contributed by atoms with Gasteiger partial charge in [0, 0.05) is 6.04 Å². The van der Waals surface area contributed by atoms with Gasteiger partial charge in [-0.1, -0.05) is 30.3 Å². The van der Waals surface area contributed by atoms with Crippen molar-refractivity contribution in [1.29, 1.82) is 0 Å². The van der Waals surface area contributed by atoms with Gasteiger partial charge in [0.15, 0.2) is 0 Å². The monoisotopic (exact) mass is 303 g/mol. The van der Waals surface area contributed by atoms with Gasteiger partial charge in [-0.3, -0.25) is 4.90 Å². The molecule has 4 heteroatoms. The van der Waals surface area contributed by atoms with Crippen LogP contribution in [0, 0.1) is 0 Å². The summed E-state index contributed by atoms with van der Waals surface area (Å²) < 4.78 is 5.59. The van der Waals surface area contributed by atoms with Crippen LogP contribution in [-0.4, -0.2) is 33.3 Å². The molecule has 0 saturated carbocycles. The number of carbonyl (C=O) groups is 1. The third kappa shape index (κ3) is 2.50. The summed E-state index contributed by atoms with van der Waals surface area (Å²) in [6.45, 7) is 5.63. The molecule has 0 spiro atoms. The Morgan fingerprint density at radius 1 is 1.27 bits per heavy atom. The maximum atomic E-state index is 12.7. The van der Waals surface area contributed by atoms with Gasteiger partial charge in [-0.2, -0.15) is 0 Å². The summed E-state index contributed by atoms with van der Waals surface area (Å²) in [5.74, 6) is 0. The minimum atomic E-state index is -0.659. The minimum Gasteiger partial charge on any atom is -0.444 e. The van der Waals surface area contributed by atoms with Crippen molar-refractivity contribution in [2.24, 2.45) is 0 Å². The first-order valence-corrected chi connectivity index (χ1v) is 8.09. The highest BCUT2D eigenvalue weighted by molar-refractivity contribution is 5.71. The molecule has 1 N–H and O–H groups in total. The molecular formula is C18H25NO3. The predicted molar refractivity (Wildman–Crippen MR) is 84.5 cm³/mol. The van der Waals surface area contributed by atoms with Crippen LogP contribution in [0.15, 0.2) is 30.3 Å². The number of ether oxygens (including phenoxy) is 1. The Hall–Kier alpha value is -1.55. The molecule has 1 atom stereocenters. The van der Waals surface area contributed by atoms with E-state index in [1.54, 1.807) is 0 Å². The summed E-state index contributed by atoms with van der Waals surface area (Å²) in [5, 5.41) is 11.0. The molecule has 22 heavy (non-hydrogen) atoms. The van der Waals surface area contributed by atoms with E-state index in [4.69, 9.17) is 4.74 Å². The largest absolute Gasteiger partial charge is 0.444 e. The number of aliphatic hydroxyl groups is 1. The van der Waals surface area contributed by atoms with Crippen LogP contribution in [0.1, 0.15) is 58.1 Å². The zero-order chi connectivity index (χ0) is 16.0. The predicted octanol–water partition coefficient (Wildman–Crippen LogP) is 3.65. The lowest BCUT2D eigenvalue weighted by atomic mass is 9.80. The molecule has 0 aromatic heterocycles. The van der Waals surface area contributed by atoms with Crippen LogP contribution in [0.25, 0.3) is 0 Å². The molecule has 1 aromatic carbocycles. The minimum absolute atomic E-state index is 0.202. The molecule has 2 saturated heterocycles. The van der Waals surface area contributed by atoms with Crippen LogP contribution in [0.5, 0.6) is 0 Å². The van der Waals surface area contributed by atoms with Crippen LogP contribution in [0.3, 0.4) is 0 Å². The summed E-state index contributed by atoms with van der Waals surface area (Å²) in [5.41, 5.74) is -0.148. The van der Waals surface area contributed by atoms with Crippen LogP contribution in [0.4, 0.5) is 4.79 Å². The fraction of sp³-hybridized carbons (Fsp3) is 0.611. The Kier molecular flexibility index (Phi) is 3.68. The topological polar surface area (TPSA) is 49.8 Å².